The van der Waals surface area contributed by atoms with Crippen LogP contribution in [0.25, 0.3) is 0 Å². The minimum absolute atomic E-state index is 0.0494. The highest BCUT2D eigenvalue weighted by molar-refractivity contribution is 6.74. The molecule has 1 aliphatic carbocycles. The summed E-state index contributed by atoms with van der Waals surface area (Å²) < 4.78 is 18.9. The molecule has 0 aromatic carbocycles. The van der Waals surface area contributed by atoms with Crippen molar-refractivity contribution < 1.29 is 18.7 Å². The summed E-state index contributed by atoms with van der Waals surface area (Å²) in [6, 6.07) is 0. The number of hydrogen-bond donors (Lipinski definition) is 1. The second-order valence-electron chi connectivity index (χ2n) is 10.6. The number of rotatable bonds is 4. The first-order valence-corrected chi connectivity index (χ1v) is 15.1. The summed E-state index contributed by atoms with van der Waals surface area (Å²) in [6.07, 6.45) is 0.0278. The molecule has 5 atom stereocenters. The fourth-order valence-electron chi connectivity index (χ4n) is 2.77. The molecule has 1 N–H and O–H groups in total. The van der Waals surface area contributed by atoms with Crippen LogP contribution in [0.2, 0.25) is 36.3 Å². The van der Waals surface area contributed by atoms with E-state index in [-0.39, 0.29) is 34.5 Å². The Morgan fingerprint density at radius 3 is 1.62 bits per heavy atom. The monoisotopic (exact) mass is 374 g/mol. The molecular formula is C18H38O4Si2. The third kappa shape index (κ3) is 3.99. The van der Waals surface area contributed by atoms with Gasteiger partial charge in [-0.3, -0.25) is 0 Å². The van der Waals surface area contributed by atoms with Gasteiger partial charge in [0.2, 0.25) is 0 Å². The van der Waals surface area contributed by atoms with Crippen LogP contribution in [0.15, 0.2) is 0 Å². The second kappa shape index (κ2) is 6.17. The first-order chi connectivity index (χ1) is 10.6. The number of aliphatic hydroxyl groups is 1. The van der Waals surface area contributed by atoms with Gasteiger partial charge in [0, 0.05) is 6.42 Å². The van der Waals surface area contributed by atoms with Gasteiger partial charge in [-0.25, -0.2) is 0 Å². The normalized spacial score (nSPS) is 34.9. The first-order valence-electron chi connectivity index (χ1n) is 9.26. The minimum Gasteiger partial charge on any atom is -0.411 e. The molecule has 6 heteroatoms. The Bertz CT molecular complexity index is 465. The Morgan fingerprint density at radius 2 is 1.21 bits per heavy atom. The molecule has 2 rings (SSSR count). The average Bonchev–Trinajstić information content (AvgIpc) is 3.12. The summed E-state index contributed by atoms with van der Waals surface area (Å²) >= 11 is 0. The molecule has 2 aliphatic rings. The summed E-state index contributed by atoms with van der Waals surface area (Å²) in [5.74, 6) is 0. The molecule has 0 aromatic heterocycles. The van der Waals surface area contributed by atoms with E-state index in [4.69, 9.17) is 13.6 Å². The van der Waals surface area contributed by atoms with E-state index >= 15 is 0 Å². The van der Waals surface area contributed by atoms with E-state index < -0.39 is 22.7 Å². The van der Waals surface area contributed by atoms with Crippen LogP contribution in [0.5, 0.6) is 0 Å². The molecule has 0 aromatic rings. The lowest BCUT2D eigenvalue weighted by Gasteiger charge is -2.44. The van der Waals surface area contributed by atoms with Gasteiger partial charge in [-0.05, 0) is 36.3 Å². The Balaban J connectivity index is 2.10. The number of aliphatic hydroxyl groups excluding tert-OH is 1. The van der Waals surface area contributed by atoms with Crippen molar-refractivity contribution in [2.24, 2.45) is 0 Å². The molecular weight excluding hydrogens is 336 g/mol. The summed E-state index contributed by atoms with van der Waals surface area (Å²) in [7, 11) is -3.79. The molecule has 1 heterocycles. The quantitative estimate of drug-likeness (QED) is 0.589. The maximum atomic E-state index is 10.6. The molecule has 24 heavy (non-hydrogen) atoms. The van der Waals surface area contributed by atoms with Crippen LogP contribution in [0.4, 0.5) is 0 Å². The van der Waals surface area contributed by atoms with Crippen LogP contribution in [0.3, 0.4) is 0 Å². The predicted octanol–water partition coefficient (Wildman–Crippen LogP) is 4.30. The van der Waals surface area contributed by atoms with E-state index in [2.05, 4.69) is 67.7 Å². The van der Waals surface area contributed by atoms with Gasteiger partial charge in [0.25, 0.3) is 0 Å². The van der Waals surface area contributed by atoms with Crippen molar-refractivity contribution in [2.45, 2.75) is 115 Å². The van der Waals surface area contributed by atoms with Crippen LogP contribution in [0.1, 0.15) is 48.0 Å². The van der Waals surface area contributed by atoms with Crippen molar-refractivity contribution in [3.8, 4) is 0 Å². The van der Waals surface area contributed by atoms with Crippen molar-refractivity contribution >= 4 is 16.6 Å². The van der Waals surface area contributed by atoms with Gasteiger partial charge >= 0.3 is 0 Å². The van der Waals surface area contributed by atoms with Gasteiger partial charge in [0.1, 0.15) is 18.3 Å². The van der Waals surface area contributed by atoms with Crippen LogP contribution in [-0.4, -0.2) is 52.3 Å². The molecule has 0 bridgehead atoms. The minimum atomic E-state index is -1.93. The SMILES string of the molecule is CC(C)(C)[Si](C)(C)OC1C[C@@H](O[Si](C)(C)C(C)(C)C)C2OC2[C@H]1O. The van der Waals surface area contributed by atoms with E-state index in [0.29, 0.717) is 0 Å². The van der Waals surface area contributed by atoms with Gasteiger partial charge in [0.15, 0.2) is 16.6 Å². The molecule has 1 saturated heterocycles. The smallest absolute Gasteiger partial charge is 0.192 e. The number of fused-ring (bicyclic) bond motifs is 1. The fourth-order valence-corrected chi connectivity index (χ4v) is 5.45. The summed E-state index contributed by atoms with van der Waals surface area (Å²) in [4.78, 5) is 0. The summed E-state index contributed by atoms with van der Waals surface area (Å²) in [5, 5.41) is 10.9. The largest absolute Gasteiger partial charge is 0.411 e. The Kier molecular flexibility index (Phi) is 5.29. The lowest BCUT2D eigenvalue weighted by molar-refractivity contribution is -0.0238. The molecule has 2 fully saturated rings. The fraction of sp³-hybridized carbons (Fsp3) is 1.00. The predicted molar refractivity (Wildman–Crippen MR) is 103 cm³/mol. The van der Waals surface area contributed by atoms with Crippen LogP contribution < -0.4 is 0 Å². The van der Waals surface area contributed by atoms with Gasteiger partial charge < -0.3 is 18.7 Å². The van der Waals surface area contributed by atoms with E-state index in [9.17, 15) is 5.11 Å². The molecule has 3 unspecified atom stereocenters. The van der Waals surface area contributed by atoms with E-state index in [0.717, 1.165) is 6.42 Å². The molecule has 0 radical (unpaired) electrons. The average molecular weight is 375 g/mol. The molecule has 0 amide bonds. The van der Waals surface area contributed by atoms with Crippen molar-refractivity contribution in [1.82, 2.24) is 0 Å². The molecule has 4 nitrogen and oxygen atoms in total. The van der Waals surface area contributed by atoms with Crippen LogP contribution in [-0.2, 0) is 13.6 Å². The maximum absolute atomic E-state index is 10.6. The highest BCUT2D eigenvalue weighted by atomic mass is 28.4. The molecule has 142 valence electrons. The summed E-state index contributed by atoms with van der Waals surface area (Å²) in [6.45, 7) is 22.5. The maximum Gasteiger partial charge on any atom is 0.192 e. The third-order valence-electron chi connectivity index (χ3n) is 6.61. The van der Waals surface area contributed by atoms with E-state index in [1.54, 1.807) is 0 Å². The second-order valence-corrected chi connectivity index (χ2v) is 20.1. The lowest BCUT2D eigenvalue weighted by Crippen LogP contribution is -2.54. The van der Waals surface area contributed by atoms with Gasteiger partial charge in [-0.1, -0.05) is 41.5 Å². The Morgan fingerprint density at radius 1 is 0.792 bits per heavy atom. The van der Waals surface area contributed by atoms with Crippen molar-refractivity contribution in [3.05, 3.63) is 0 Å². The molecule has 1 aliphatic heterocycles. The number of epoxide rings is 1. The van der Waals surface area contributed by atoms with Gasteiger partial charge in [0.05, 0.1) is 12.2 Å². The van der Waals surface area contributed by atoms with Crippen molar-refractivity contribution in [1.29, 1.82) is 0 Å². The summed E-state index contributed by atoms with van der Waals surface area (Å²) in [5.41, 5.74) is 0. The number of ether oxygens (including phenoxy) is 1. The zero-order valence-electron chi connectivity index (χ0n) is 17.3. The van der Waals surface area contributed by atoms with Gasteiger partial charge in [-0.15, -0.1) is 0 Å². The topological polar surface area (TPSA) is 51.2 Å². The standard InChI is InChI=1S/C18H38O4Si2/c1-17(2,3)23(7,8)21-12-11-13(15-16(20-15)14(12)19)22-24(9,10)18(4,5)6/h12-16,19H,11H2,1-10H3/t12?,13-,14+,15?,16?/m1/s1. The van der Waals surface area contributed by atoms with Crippen LogP contribution in [0, 0.1) is 0 Å². The number of hydrogen-bond acceptors (Lipinski definition) is 4. The zero-order valence-corrected chi connectivity index (χ0v) is 19.3. The van der Waals surface area contributed by atoms with Crippen molar-refractivity contribution in [3.63, 3.8) is 0 Å². The zero-order chi connectivity index (χ0) is 18.7. The Labute approximate surface area is 150 Å². The lowest BCUT2D eigenvalue weighted by atomic mass is 9.93. The Hall–Kier alpha value is 0.274. The third-order valence-corrected chi connectivity index (χ3v) is 15.6. The van der Waals surface area contributed by atoms with E-state index in [1.165, 1.54) is 0 Å². The first kappa shape index (κ1) is 20.6. The highest BCUT2D eigenvalue weighted by Gasteiger charge is 2.59. The molecule has 0 spiro atoms. The highest BCUT2D eigenvalue weighted by Crippen LogP contribution is 2.46. The van der Waals surface area contributed by atoms with Crippen molar-refractivity contribution in [2.75, 3.05) is 0 Å². The molecule has 1 saturated carbocycles. The van der Waals surface area contributed by atoms with E-state index in [1.807, 2.05) is 0 Å². The van der Waals surface area contributed by atoms with Crippen LogP contribution >= 0.6 is 0 Å². The van der Waals surface area contributed by atoms with Gasteiger partial charge in [-0.2, -0.15) is 0 Å².